The zero-order valence-corrected chi connectivity index (χ0v) is 8.59. The Morgan fingerprint density at radius 2 is 2.13 bits per heavy atom. The molecule has 1 aromatic rings. The molecule has 84 valence electrons. The molecule has 0 heterocycles. The third kappa shape index (κ3) is 2.88. The summed E-state index contributed by atoms with van der Waals surface area (Å²) in [4.78, 5) is -0.130. The van der Waals surface area contributed by atoms with Gasteiger partial charge in [0.05, 0.1) is 17.2 Å². The number of aliphatic hydroxyl groups is 1. The number of anilines is 1. The molecule has 0 aliphatic heterocycles. The first kappa shape index (κ1) is 11.9. The maximum atomic E-state index is 12.8. The Balaban J connectivity index is 3.00. The van der Waals surface area contributed by atoms with Crippen LogP contribution in [0, 0.1) is 5.82 Å². The van der Waals surface area contributed by atoms with Gasteiger partial charge >= 0.3 is 0 Å². The monoisotopic (exact) mass is 234 g/mol. The first-order valence-corrected chi connectivity index (χ1v) is 5.61. The Labute approximate surface area is 86.8 Å². The predicted molar refractivity (Wildman–Crippen MR) is 53.1 cm³/mol. The van der Waals surface area contributed by atoms with Crippen LogP contribution in [0.1, 0.15) is 0 Å². The first-order chi connectivity index (χ1) is 6.97. The molecule has 0 spiro atoms. The van der Waals surface area contributed by atoms with E-state index in [4.69, 9.17) is 10.8 Å². The number of nitrogen functional groups attached to an aromatic ring is 1. The van der Waals surface area contributed by atoms with E-state index in [1.165, 1.54) is 0 Å². The summed E-state index contributed by atoms with van der Waals surface area (Å²) in [6.45, 7) is -0.407. The van der Waals surface area contributed by atoms with E-state index in [1.807, 2.05) is 0 Å². The summed E-state index contributed by atoms with van der Waals surface area (Å²) in [5.41, 5.74) is 4.99. The topological polar surface area (TPSA) is 92.4 Å². The van der Waals surface area contributed by atoms with Gasteiger partial charge in [0, 0.05) is 6.54 Å². The van der Waals surface area contributed by atoms with E-state index >= 15 is 0 Å². The van der Waals surface area contributed by atoms with Gasteiger partial charge in [-0.1, -0.05) is 0 Å². The van der Waals surface area contributed by atoms with Gasteiger partial charge in [0.1, 0.15) is 5.82 Å². The number of hydrogen-bond donors (Lipinski definition) is 3. The molecule has 1 aromatic carbocycles. The molecule has 0 bridgehead atoms. The average molecular weight is 234 g/mol. The molecular weight excluding hydrogens is 223 g/mol. The molecular formula is C8H11FN2O3S. The minimum atomic E-state index is -3.72. The maximum Gasteiger partial charge on any atom is 0.240 e. The molecule has 0 aromatic heterocycles. The lowest BCUT2D eigenvalue weighted by Gasteiger charge is -2.06. The highest BCUT2D eigenvalue weighted by atomic mass is 32.2. The lowest BCUT2D eigenvalue weighted by Crippen LogP contribution is -2.26. The van der Waals surface area contributed by atoms with Crippen LogP contribution in [0.3, 0.4) is 0 Å². The molecule has 0 aliphatic carbocycles. The lowest BCUT2D eigenvalue weighted by atomic mass is 10.3. The van der Waals surface area contributed by atoms with E-state index in [1.54, 1.807) is 0 Å². The summed E-state index contributed by atoms with van der Waals surface area (Å²) in [6.07, 6.45) is 0. The minimum Gasteiger partial charge on any atom is -0.396 e. The van der Waals surface area contributed by atoms with Crippen LogP contribution in [0.15, 0.2) is 23.1 Å². The van der Waals surface area contributed by atoms with E-state index in [9.17, 15) is 12.8 Å². The molecule has 0 saturated heterocycles. The van der Waals surface area contributed by atoms with Gasteiger partial charge in [-0.3, -0.25) is 0 Å². The molecule has 0 aliphatic rings. The van der Waals surface area contributed by atoms with Crippen molar-refractivity contribution in [2.75, 3.05) is 18.9 Å². The Bertz CT molecular complexity index is 447. The molecule has 4 N–H and O–H groups in total. The predicted octanol–water partition coefficient (Wildman–Crippen LogP) is -0.321. The van der Waals surface area contributed by atoms with Crippen LogP contribution in [0.4, 0.5) is 10.1 Å². The number of nitrogens with two attached hydrogens (primary N) is 1. The summed E-state index contributed by atoms with van der Waals surface area (Å²) in [6, 6.07) is 3.10. The first-order valence-electron chi connectivity index (χ1n) is 4.13. The van der Waals surface area contributed by atoms with Crippen molar-refractivity contribution in [3.8, 4) is 0 Å². The highest BCUT2D eigenvalue weighted by molar-refractivity contribution is 7.89. The Hall–Kier alpha value is -1.18. The van der Waals surface area contributed by atoms with Crippen molar-refractivity contribution in [1.29, 1.82) is 0 Å². The maximum absolute atomic E-state index is 12.8. The number of halogens is 1. The molecule has 0 radical (unpaired) electrons. The summed E-state index contributed by atoms with van der Waals surface area (Å²) in [5.74, 6) is -0.670. The fraction of sp³-hybridized carbons (Fsp3) is 0.250. The van der Waals surface area contributed by atoms with Gasteiger partial charge in [-0.15, -0.1) is 0 Å². The number of benzene rings is 1. The second-order valence-corrected chi connectivity index (χ2v) is 4.57. The van der Waals surface area contributed by atoms with Gasteiger partial charge in [-0.05, 0) is 18.2 Å². The fourth-order valence-corrected chi connectivity index (χ4v) is 2.01. The molecule has 0 atom stereocenters. The van der Waals surface area contributed by atoms with Crippen LogP contribution in [-0.2, 0) is 10.0 Å². The van der Waals surface area contributed by atoms with Crippen LogP contribution in [0.2, 0.25) is 0 Å². The third-order valence-electron chi connectivity index (χ3n) is 1.68. The Kier molecular flexibility index (Phi) is 3.61. The molecule has 15 heavy (non-hydrogen) atoms. The summed E-state index contributed by atoms with van der Waals surface area (Å²) >= 11 is 0. The van der Waals surface area contributed by atoms with E-state index in [0.29, 0.717) is 0 Å². The largest absolute Gasteiger partial charge is 0.396 e. The molecule has 0 saturated carbocycles. The lowest BCUT2D eigenvalue weighted by molar-refractivity contribution is 0.301. The number of sulfonamides is 1. The molecule has 0 amide bonds. The van der Waals surface area contributed by atoms with Gasteiger partial charge in [-0.25, -0.2) is 17.5 Å². The van der Waals surface area contributed by atoms with Crippen LogP contribution < -0.4 is 10.5 Å². The average Bonchev–Trinajstić information content (AvgIpc) is 2.19. The Morgan fingerprint density at radius 3 is 2.67 bits per heavy atom. The molecule has 5 nitrogen and oxygen atoms in total. The van der Waals surface area contributed by atoms with Crippen molar-refractivity contribution < 1.29 is 17.9 Å². The SMILES string of the molecule is Nc1cc(S(=O)(=O)NCCO)ccc1F. The normalized spacial score (nSPS) is 11.6. The van der Waals surface area contributed by atoms with Gasteiger partial charge in [-0.2, -0.15) is 0 Å². The van der Waals surface area contributed by atoms with Crippen LogP contribution in [-0.4, -0.2) is 26.7 Å². The molecule has 7 heteroatoms. The summed E-state index contributed by atoms with van der Waals surface area (Å²) < 4.78 is 37.8. The smallest absolute Gasteiger partial charge is 0.240 e. The highest BCUT2D eigenvalue weighted by Gasteiger charge is 2.14. The van der Waals surface area contributed by atoms with E-state index < -0.39 is 15.8 Å². The van der Waals surface area contributed by atoms with Gasteiger partial charge < -0.3 is 10.8 Å². The van der Waals surface area contributed by atoms with Crippen molar-refractivity contribution in [2.45, 2.75) is 4.90 Å². The zero-order valence-electron chi connectivity index (χ0n) is 7.77. The third-order valence-corrected chi connectivity index (χ3v) is 3.14. The van der Waals surface area contributed by atoms with Gasteiger partial charge in [0.2, 0.25) is 10.0 Å². The fourth-order valence-electron chi connectivity index (χ4n) is 0.952. The van der Waals surface area contributed by atoms with Crippen LogP contribution >= 0.6 is 0 Å². The van der Waals surface area contributed by atoms with Gasteiger partial charge in [0.15, 0.2) is 0 Å². The van der Waals surface area contributed by atoms with Crippen LogP contribution in [0.5, 0.6) is 0 Å². The number of nitrogens with one attached hydrogen (secondary N) is 1. The van der Waals surface area contributed by atoms with Crippen molar-refractivity contribution in [1.82, 2.24) is 4.72 Å². The highest BCUT2D eigenvalue weighted by Crippen LogP contribution is 2.16. The number of hydrogen-bond acceptors (Lipinski definition) is 4. The van der Waals surface area contributed by atoms with Crippen LogP contribution in [0.25, 0.3) is 0 Å². The molecule has 1 rings (SSSR count). The van der Waals surface area contributed by atoms with Crippen molar-refractivity contribution >= 4 is 15.7 Å². The molecule has 0 unspecified atom stereocenters. The standard InChI is InChI=1S/C8H11FN2O3S/c9-7-2-1-6(5-8(7)10)15(13,14)11-3-4-12/h1-2,5,11-12H,3-4,10H2. The second kappa shape index (κ2) is 4.56. The Morgan fingerprint density at radius 1 is 1.47 bits per heavy atom. The van der Waals surface area contributed by atoms with E-state index in [0.717, 1.165) is 18.2 Å². The summed E-state index contributed by atoms with van der Waals surface area (Å²) in [7, 11) is -3.72. The van der Waals surface area contributed by atoms with Crippen molar-refractivity contribution in [2.24, 2.45) is 0 Å². The number of rotatable bonds is 4. The zero-order chi connectivity index (χ0) is 11.5. The van der Waals surface area contributed by atoms with Gasteiger partial charge in [0.25, 0.3) is 0 Å². The second-order valence-electron chi connectivity index (χ2n) is 2.80. The van der Waals surface area contributed by atoms with Crippen molar-refractivity contribution in [3.63, 3.8) is 0 Å². The van der Waals surface area contributed by atoms with E-state index in [2.05, 4.69) is 4.72 Å². The van der Waals surface area contributed by atoms with E-state index in [-0.39, 0.29) is 23.7 Å². The van der Waals surface area contributed by atoms with Crippen molar-refractivity contribution in [3.05, 3.63) is 24.0 Å². The quantitative estimate of drug-likeness (QED) is 0.622. The number of aliphatic hydroxyl groups excluding tert-OH is 1. The molecule has 0 fully saturated rings. The summed E-state index contributed by atoms with van der Waals surface area (Å²) in [5, 5.41) is 8.46. The minimum absolute atomic E-state index is 0.0976.